The van der Waals surface area contributed by atoms with Crippen LogP contribution in [-0.2, 0) is 4.74 Å². The normalized spacial score (nSPS) is 23.0. The van der Waals surface area contributed by atoms with Crippen LogP contribution in [0.5, 0.6) is 0 Å². The number of rotatable bonds is 4. The van der Waals surface area contributed by atoms with E-state index in [1.54, 1.807) is 6.07 Å². The molecule has 0 amide bonds. The summed E-state index contributed by atoms with van der Waals surface area (Å²) in [7, 11) is 0. The van der Waals surface area contributed by atoms with Crippen molar-refractivity contribution in [2.24, 2.45) is 5.92 Å². The van der Waals surface area contributed by atoms with Crippen LogP contribution in [0, 0.1) is 11.7 Å². The molecule has 4 heteroatoms. The van der Waals surface area contributed by atoms with E-state index in [-0.39, 0.29) is 11.9 Å². The van der Waals surface area contributed by atoms with Crippen molar-refractivity contribution in [3.63, 3.8) is 0 Å². The van der Waals surface area contributed by atoms with Crippen LogP contribution in [-0.4, -0.2) is 19.3 Å². The molecule has 100 valence electrons. The first-order chi connectivity index (χ1) is 8.58. The second-order valence-corrected chi connectivity index (χ2v) is 5.88. The topological polar surface area (TPSA) is 21.3 Å². The maximum atomic E-state index is 13.8. The Morgan fingerprint density at radius 2 is 2.22 bits per heavy atom. The Morgan fingerprint density at radius 1 is 1.44 bits per heavy atom. The van der Waals surface area contributed by atoms with Gasteiger partial charge in [0, 0.05) is 28.7 Å². The van der Waals surface area contributed by atoms with Crippen molar-refractivity contribution in [3.05, 3.63) is 34.1 Å². The first-order valence-electron chi connectivity index (χ1n) is 6.36. The Hall–Kier alpha value is -0.450. The summed E-state index contributed by atoms with van der Waals surface area (Å²) in [6, 6.07) is 5.39. The van der Waals surface area contributed by atoms with Gasteiger partial charge in [0.2, 0.25) is 0 Å². The highest BCUT2D eigenvalue weighted by Gasteiger charge is 2.24. The molecule has 1 N–H and O–H groups in total. The van der Waals surface area contributed by atoms with Crippen LogP contribution in [0.25, 0.3) is 0 Å². The molecule has 2 rings (SSSR count). The van der Waals surface area contributed by atoms with E-state index < -0.39 is 0 Å². The largest absolute Gasteiger partial charge is 0.381 e. The van der Waals surface area contributed by atoms with Gasteiger partial charge < -0.3 is 10.1 Å². The van der Waals surface area contributed by atoms with Gasteiger partial charge in [0.15, 0.2) is 0 Å². The average Bonchev–Trinajstić information content (AvgIpc) is 2.85. The molecular formula is C14H19BrFNO. The number of halogens is 2. The van der Waals surface area contributed by atoms with E-state index in [1.165, 1.54) is 6.07 Å². The van der Waals surface area contributed by atoms with Gasteiger partial charge in [-0.3, -0.25) is 0 Å². The van der Waals surface area contributed by atoms with Crippen molar-refractivity contribution in [2.45, 2.75) is 32.4 Å². The summed E-state index contributed by atoms with van der Waals surface area (Å²) in [4.78, 5) is 0. The van der Waals surface area contributed by atoms with E-state index in [1.807, 2.05) is 13.0 Å². The minimum absolute atomic E-state index is 0.00176. The standard InChI is InChI=1S/C14H19BrFNO/c1-9(11-5-6-18-8-11)17-10(2)13-7-12(15)3-4-14(13)16/h3-4,7,9-11,17H,5-6,8H2,1-2H3. The third kappa shape index (κ3) is 3.31. The van der Waals surface area contributed by atoms with Gasteiger partial charge in [0.25, 0.3) is 0 Å². The van der Waals surface area contributed by atoms with Gasteiger partial charge in [-0.2, -0.15) is 0 Å². The van der Waals surface area contributed by atoms with E-state index in [0.717, 1.165) is 24.1 Å². The van der Waals surface area contributed by atoms with Crippen molar-refractivity contribution in [3.8, 4) is 0 Å². The first kappa shape index (κ1) is 14.0. The van der Waals surface area contributed by atoms with E-state index in [9.17, 15) is 4.39 Å². The zero-order chi connectivity index (χ0) is 13.1. The lowest BCUT2D eigenvalue weighted by Gasteiger charge is -2.24. The SMILES string of the molecule is CC(NC(C)C1CCOC1)c1cc(Br)ccc1F. The van der Waals surface area contributed by atoms with E-state index >= 15 is 0 Å². The fourth-order valence-corrected chi connectivity index (χ4v) is 2.79. The maximum absolute atomic E-state index is 13.8. The fourth-order valence-electron chi connectivity index (χ4n) is 2.41. The summed E-state index contributed by atoms with van der Waals surface area (Å²) < 4.78 is 20.1. The van der Waals surface area contributed by atoms with Gasteiger partial charge >= 0.3 is 0 Å². The smallest absolute Gasteiger partial charge is 0.128 e. The lowest BCUT2D eigenvalue weighted by atomic mass is 9.98. The van der Waals surface area contributed by atoms with Crippen molar-refractivity contribution < 1.29 is 9.13 Å². The van der Waals surface area contributed by atoms with Crippen molar-refractivity contribution in [2.75, 3.05) is 13.2 Å². The molecule has 1 fully saturated rings. The minimum Gasteiger partial charge on any atom is -0.381 e. The molecule has 1 heterocycles. The Morgan fingerprint density at radius 3 is 2.89 bits per heavy atom. The van der Waals surface area contributed by atoms with Crippen LogP contribution >= 0.6 is 15.9 Å². The average molecular weight is 316 g/mol. The highest BCUT2D eigenvalue weighted by molar-refractivity contribution is 9.10. The van der Waals surface area contributed by atoms with Crippen molar-refractivity contribution in [1.29, 1.82) is 0 Å². The lowest BCUT2D eigenvalue weighted by molar-refractivity contribution is 0.177. The van der Waals surface area contributed by atoms with Gasteiger partial charge in [-0.25, -0.2) is 4.39 Å². The molecule has 1 saturated heterocycles. The molecule has 0 bridgehead atoms. The van der Waals surface area contributed by atoms with E-state index in [0.29, 0.717) is 17.5 Å². The van der Waals surface area contributed by atoms with Crippen LogP contribution < -0.4 is 5.32 Å². The molecule has 2 nitrogen and oxygen atoms in total. The summed E-state index contributed by atoms with van der Waals surface area (Å²) in [5, 5.41) is 3.47. The van der Waals surface area contributed by atoms with Gasteiger partial charge in [-0.15, -0.1) is 0 Å². The molecule has 18 heavy (non-hydrogen) atoms. The predicted molar refractivity (Wildman–Crippen MR) is 74.0 cm³/mol. The quantitative estimate of drug-likeness (QED) is 0.915. The second kappa shape index (κ2) is 6.13. The zero-order valence-corrected chi connectivity index (χ0v) is 12.3. The first-order valence-corrected chi connectivity index (χ1v) is 7.16. The monoisotopic (exact) mass is 315 g/mol. The summed E-state index contributed by atoms with van der Waals surface area (Å²) >= 11 is 3.38. The molecule has 1 aromatic carbocycles. The highest BCUT2D eigenvalue weighted by Crippen LogP contribution is 2.24. The van der Waals surface area contributed by atoms with Crippen LogP contribution in [0.1, 0.15) is 31.9 Å². The molecule has 1 aromatic rings. The summed E-state index contributed by atoms with van der Waals surface area (Å²) in [5.74, 6) is 0.371. The summed E-state index contributed by atoms with van der Waals surface area (Å²) in [6.07, 6.45) is 1.09. The number of nitrogens with one attached hydrogen (secondary N) is 1. The highest BCUT2D eigenvalue weighted by atomic mass is 79.9. The number of hydrogen-bond acceptors (Lipinski definition) is 2. The Kier molecular flexibility index (Phi) is 4.76. The molecule has 0 spiro atoms. The molecule has 0 saturated carbocycles. The molecule has 1 aliphatic heterocycles. The molecular weight excluding hydrogens is 297 g/mol. The van der Waals surface area contributed by atoms with E-state index in [2.05, 4.69) is 28.2 Å². The number of benzene rings is 1. The van der Waals surface area contributed by atoms with Crippen LogP contribution in [0.4, 0.5) is 4.39 Å². The molecule has 3 atom stereocenters. The van der Waals surface area contributed by atoms with Gasteiger partial charge in [0.1, 0.15) is 5.82 Å². The van der Waals surface area contributed by atoms with E-state index in [4.69, 9.17) is 4.74 Å². The number of ether oxygens (including phenoxy) is 1. The van der Waals surface area contributed by atoms with Crippen LogP contribution in [0.15, 0.2) is 22.7 Å². The van der Waals surface area contributed by atoms with Crippen LogP contribution in [0.3, 0.4) is 0 Å². The molecule has 1 aliphatic rings. The number of hydrogen-bond donors (Lipinski definition) is 1. The third-order valence-corrected chi connectivity index (χ3v) is 4.10. The lowest BCUT2D eigenvalue weighted by Crippen LogP contribution is -2.36. The maximum Gasteiger partial charge on any atom is 0.128 e. The Bertz CT molecular complexity index is 407. The summed E-state index contributed by atoms with van der Waals surface area (Å²) in [6.45, 7) is 5.79. The molecule has 0 aliphatic carbocycles. The van der Waals surface area contributed by atoms with Crippen molar-refractivity contribution in [1.82, 2.24) is 5.32 Å². The Labute approximate surface area is 116 Å². The minimum atomic E-state index is -0.159. The van der Waals surface area contributed by atoms with Gasteiger partial charge in [-0.1, -0.05) is 15.9 Å². The predicted octanol–water partition coefficient (Wildman–Crippen LogP) is 3.66. The molecule has 3 unspecified atom stereocenters. The molecule has 0 radical (unpaired) electrons. The Balaban J connectivity index is 2.02. The van der Waals surface area contributed by atoms with Gasteiger partial charge in [0.05, 0.1) is 6.61 Å². The van der Waals surface area contributed by atoms with Gasteiger partial charge in [-0.05, 0) is 44.4 Å². The summed E-state index contributed by atoms with van der Waals surface area (Å²) in [5.41, 5.74) is 0.704. The third-order valence-electron chi connectivity index (χ3n) is 3.61. The van der Waals surface area contributed by atoms with Crippen LogP contribution in [0.2, 0.25) is 0 Å². The zero-order valence-electron chi connectivity index (χ0n) is 10.7. The fraction of sp³-hybridized carbons (Fsp3) is 0.571. The van der Waals surface area contributed by atoms with Crippen molar-refractivity contribution >= 4 is 15.9 Å². The molecule has 0 aromatic heterocycles. The second-order valence-electron chi connectivity index (χ2n) is 4.97.